The van der Waals surface area contributed by atoms with Crippen LogP contribution in [0.1, 0.15) is 17.5 Å². The Morgan fingerprint density at radius 2 is 2.10 bits per heavy atom. The van der Waals surface area contributed by atoms with Crippen LogP contribution in [0.3, 0.4) is 0 Å². The molecule has 0 bridgehead atoms. The van der Waals surface area contributed by atoms with Gasteiger partial charge in [-0.05, 0) is 42.0 Å². The largest absolute Gasteiger partial charge is 0.461 e. The molecule has 9 nitrogen and oxygen atoms in total. The summed E-state index contributed by atoms with van der Waals surface area (Å²) < 4.78 is 36.1. The fourth-order valence-corrected chi connectivity index (χ4v) is 4.58. The number of anilines is 1. The summed E-state index contributed by atoms with van der Waals surface area (Å²) in [5.41, 5.74) is 12.4. The van der Waals surface area contributed by atoms with Crippen molar-refractivity contribution in [3.8, 4) is 17.0 Å². The smallest absolute Gasteiger partial charge is 0.261 e. The number of sulfonamides is 1. The normalized spacial score (nSPS) is 22.6. The van der Waals surface area contributed by atoms with Gasteiger partial charge in [0.05, 0.1) is 6.61 Å². The van der Waals surface area contributed by atoms with E-state index in [-0.39, 0.29) is 11.7 Å². The van der Waals surface area contributed by atoms with Gasteiger partial charge in [-0.1, -0.05) is 16.8 Å². The lowest BCUT2D eigenvalue weighted by Crippen LogP contribution is -2.31. The van der Waals surface area contributed by atoms with E-state index in [0.717, 1.165) is 36.1 Å². The average molecular weight is 441 g/mol. The number of pyridine rings is 1. The number of benzene rings is 1. The van der Waals surface area contributed by atoms with E-state index in [1.807, 2.05) is 18.2 Å². The first kappa shape index (κ1) is 19.9. The van der Waals surface area contributed by atoms with E-state index in [1.54, 1.807) is 6.20 Å². The van der Waals surface area contributed by atoms with Gasteiger partial charge in [0.25, 0.3) is 15.7 Å². The third-order valence-corrected chi connectivity index (χ3v) is 6.48. The fourth-order valence-electron chi connectivity index (χ4n) is 4.13. The zero-order valence-electron chi connectivity index (χ0n) is 16.7. The maximum absolute atomic E-state index is 11.5. The number of aromatic nitrogens is 1. The molecule has 2 aliphatic heterocycles. The van der Waals surface area contributed by atoms with Crippen LogP contribution in [0.4, 0.5) is 5.69 Å². The highest BCUT2D eigenvalue weighted by molar-refractivity contribution is 8.04. The number of primary sulfonamides is 1. The summed E-state index contributed by atoms with van der Waals surface area (Å²) in [6.45, 7) is 0.556. The zero-order valence-corrected chi connectivity index (χ0v) is 17.5. The van der Waals surface area contributed by atoms with Crippen LogP contribution in [0.5, 0.6) is 5.88 Å². The quantitative estimate of drug-likeness (QED) is 0.544. The summed E-state index contributed by atoms with van der Waals surface area (Å²) in [5.74, 6) is 0.421. The van der Waals surface area contributed by atoms with Crippen LogP contribution in [-0.4, -0.2) is 48.2 Å². The minimum Gasteiger partial charge on any atom is -0.461 e. The van der Waals surface area contributed by atoms with Gasteiger partial charge in [-0.3, -0.25) is 0 Å². The predicted octanol–water partition coefficient (Wildman–Crippen LogP) is 1.18. The molecule has 10 heteroatoms. The van der Waals surface area contributed by atoms with E-state index in [0.29, 0.717) is 18.2 Å². The Kier molecular flexibility index (Phi) is 4.84. The SMILES string of the molecule is Nc1c(-c2ccnc(O[C@H]3COC/C3=[N+]3/C=CC(S(N)(=O)=O)=N3)c2)ccc2c1CCC2. The molecule has 2 aromatic rings. The predicted molar refractivity (Wildman–Crippen MR) is 116 cm³/mol. The van der Waals surface area contributed by atoms with Gasteiger partial charge >= 0.3 is 0 Å². The molecule has 3 aliphatic rings. The topological polar surface area (TPSA) is 133 Å². The van der Waals surface area contributed by atoms with Gasteiger partial charge in [-0.25, -0.2) is 18.5 Å². The first-order valence-electron chi connectivity index (χ1n) is 9.96. The van der Waals surface area contributed by atoms with Crippen molar-refractivity contribution in [1.82, 2.24) is 4.98 Å². The molecule has 31 heavy (non-hydrogen) atoms. The monoisotopic (exact) mass is 440 g/mol. The van der Waals surface area contributed by atoms with Gasteiger partial charge < -0.3 is 15.2 Å². The molecule has 0 spiro atoms. The van der Waals surface area contributed by atoms with Crippen molar-refractivity contribution in [2.24, 2.45) is 10.2 Å². The van der Waals surface area contributed by atoms with Crippen molar-refractivity contribution in [1.29, 1.82) is 0 Å². The summed E-state index contributed by atoms with van der Waals surface area (Å²) in [5, 5.41) is 8.97. The second-order valence-electron chi connectivity index (χ2n) is 7.66. The van der Waals surface area contributed by atoms with Gasteiger partial charge in [0.1, 0.15) is 6.61 Å². The summed E-state index contributed by atoms with van der Waals surface area (Å²) in [4.78, 5) is 4.33. The Morgan fingerprint density at radius 3 is 2.90 bits per heavy atom. The first-order chi connectivity index (χ1) is 14.9. The molecule has 1 atom stereocenters. The maximum atomic E-state index is 11.5. The van der Waals surface area contributed by atoms with Crippen LogP contribution in [0.25, 0.3) is 11.1 Å². The van der Waals surface area contributed by atoms with Crippen LogP contribution in [0.15, 0.2) is 47.8 Å². The molecule has 4 N–H and O–H groups in total. The van der Waals surface area contributed by atoms with E-state index in [2.05, 4.69) is 16.2 Å². The summed E-state index contributed by atoms with van der Waals surface area (Å²) in [6, 6.07) is 7.95. The minimum atomic E-state index is -3.88. The standard InChI is InChI=1S/C21H22N5O4S/c22-21-15-3-1-2-13(15)4-5-16(21)14-6-8-24-19(10-14)30-18-12-29-11-17(18)26-9-7-20(25-26)31(23,27)28/h4-10,18H,1-3,11-12,22H2,(H2,23,27,28)/q+1/b26-17+/t18-/m0/s1. The van der Waals surface area contributed by atoms with Crippen molar-refractivity contribution in [3.63, 3.8) is 0 Å². The third kappa shape index (κ3) is 3.73. The van der Waals surface area contributed by atoms with Crippen LogP contribution in [0, 0.1) is 0 Å². The molecule has 0 saturated carbocycles. The lowest BCUT2D eigenvalue weighted by Gasteiger charge is -2.13. The van der Waals surface area contributed by atoms with Crippen molar-refractivity contribution < 1.29 is 22.6 Å². The third-order valence-electron chi connectivity index (χ3n) is 5.68. The van der Waals surface area contributed by atoms with Crippen molar-refractivity contribution in [2.75, 3.05) is 18.9 Å². The highest BCUT2D eigenvalue weighted by atomic mass is 32.2. The van der Waals surface area contributed by atoms with E-state index >= 15 is 0 Å². The molecular formula is C21H22N5O4S+. The molecule has 0 radical (unpaired) electrons. The molecule has 1 fully saturated rings. The van der Waals surface area contributed by atoms with Crippen LogP contribution in [0.2, 0.25) is 0 Å². The number of hydrazone groups is 1. The van der Waals surface area contributed by atoms with E-state index < -0.39 is 16.1 Å². The minimum absolute atomic E-state index is 0.210. The zero-order chi connectivity index (χ0) is 21.6. The summed E-state index contributed by atoms with van der Waals surface area (Å²) in [6.07, 6.45) is 7.29. The van der Waals surface area contributed by atoms with Gasteiger partial charge in [0.15, 0.2) is 0 Å². The van der Waals surface area contributed by atoms with Crippen molar-refractivity contribution in [3.05, 3.63) is 53.9 Å². The molecular weight excluding hydrogens is 418 g/mol. The Morgan fingerprint density at radius 1 is 1.23 bits per heavy atom. The number of nitrogens with zero attached hydrogens (tertiary/aromatic N) is 3. The van der Waals surface area contributed by atoms with Crippen LogP contribution >= 0.6 is 0 Å². The molecule has 1 aromatic heterocycles. The average Bonchev–Trinajstić information content (AvgIpc) is 3.48. The molecule has 1 saturated heterocycles. The molecule has 5 rings (SSSR count). The lowest BCUT2D eigenvalue weighted by atomic mass is 9.98. The van der Waals surface area contributed by atoms with Crippen molar-refractivity contribution in [2.45, 2.75) is 25.4 Å². The Bertz CT molecular complexity index is 1270. The lowest BCUT2D eigenvalue weighted by molar-refractivity contribution is -0.461. The maximum Gasteiger partial charge on any atom is 0.261 e. The molecule has 1 aromatic carbocycles. The fraction of sp³-hybridized carbons (Fsp3) is 0.286. The highest BCUT2D eigenvalue weighted by Crippen LogP contribution is 2.36. The molecule has 1 aliphatic carbocycles. The van der Waals surface area contributed by atoms with Crippen molar-refractivity contribution >= 4 is 26.5 Å². The number of rotatable bonds is 3. The van der Waals surface area contributed by atoms with E-state index in [1.165, 1.54) is 28.1 Å². The van der Waals surface area contributed by atoms with Crippen LogP contribution < -0.4 is 15.6 Å². The Hall–Kier alpha value is -3.08. The number of hydrogen-bond donors (Lipinski definition) is 2. The van der Waals surface area contributed by atoms with Gasteiger partial charge in [-0.2, -0.15) is 0 Å². The van der Waals surface area contributed by atoms with Gasteiger partial charge in [0, 0.05) is 34.7 Å². The number of nitrogen functional groups attached to an aromatic ring is 1. The number of nitrogens with two attached hydrogens (primary N) is 2. The number of hydrogen-bond acceptors (Lipinski definition) is 7. The Balaban J connectivity index is 1.43. The number of fused-ring (bicyclic) bond motifs is 1. The number of ether oxygens (including phenoxy) is 2. The molecule has 0 unspecified atom stereocenters. The molecule has 3 heterocycles. The van der Waals surface area contributed by atoms with E-state index in [9.17, 15) is 8.42 Å². The summed E-state index contributed by atoms with van der Waals surface area (Å²) in [7, 11) is -3.88. The van der Waals surface area contributed by atoms with E-state index in [4.69, 9.17) is 20.3 Å². The first-order valence-corrected chi connectivity index (χ1v) is 11.5. The molecule has 160 valence electrons. The highest BCUT2D eigenvalue weighted by Gasteiger charge is 2.37. The second kappa shape index (κ2) is 7.56. The summed E-state index contributed by atoms with van der Waals surface area (Å²) >= 11 is 0. The van der Waals surface area contributed by atoms with Gasteiger partial charge in [-0.15, -0.1) is 0 Å². The van der Waals surface area contributed by atoms with Crippen LogP contribution in [-0.2, 0) is 27.6 Å². The number of aryl methyl sites for hydroxylation is 1. The second-order valence-corrected chi connectivity index (χ2v) is 9.17. The Labute approximate surface area is 179 Å². The van der Waals surface area contributed by atoms with Gasteiger partial charge in [0.2, 0.25) is 23.2 Å². The molecule has 0 amide bonds.